The molecule has 0 aromatic heterocycles. The number of ether oxygens (including phenoxy) is 3. The first-order valence-corrected chi connectivity index (χ1v) is 12.0. The summed E-state index contributed by atoms with van der Waals surface area (Å²) in [5.41, 5.74) is -1.60. The molecule has 0 bridgehead atoms. The van der Waals surface area contributed by atoms with E-state index in [1.54, 1.807) is 6.08 Å². The molecule has 2 fully saturated rings. The summed E-state index contributed by atoms with van der Waals surface area (Å²) in [6.07, 6.45) is 12.4. The highest BCUT2D eigenvalue weighted by Crippen LogP contribution is 2.66. The van der Waals surface area contributed by atoms with Gasteiger partial charge in [0, 0.05) is 44.4 Å². The van der Waals surface area contributed by atoms with Crippen molar-refractivity contribution in [2.45, 2.75) is 84.2 Å². The molecular formula is C27H34O7. The first-order valence-electron chi connectivity index (χ1n) is 12.0. The van der Waals surface area contributed by atoms with Crippen molar-refractivity contribution >= 4 is 17.9 Å². The number of esters is 3. The maximum atomic E-state index is 12.2. The molecule has 4 aliphatic carbocycles. The van der Waals surface area contributed by atoms with Crippen LogP contribution in [-0.4, -0.2) is 46.9 Å². The van der Waals surface area contributed by atoms with Crippen LogP contribution >= 0.6 is 0 Å². The van der Waals surface area contributed by atoms with E-state index in [0.29, 0.717) is 19.3 Å². The molecule has 0 aromatic rings. The zero-order valence-electron chi connectivity index (χ0n) is 20.5. The van der Waals surface area contributed by atoms with Gasteiger partial charge in [-0.25, -0.2) is 0 Å². The predicted octanol–water partition coefficient (Wildman–Crippen LogP) is 3.10. The minimum absolute atomic E-state index is 0.165. The number of aliphatic hydroxyl groups is 1. The van der Waals surface area contributed by atoms with Gasteiger partial charge in [-0.1, -0.05) is 31.4 Å². The van der Waals surface area contributed by atoms with Gasteiger partial charge in [0.25, 0.3) is 0 Å². The second-order valence-corrected chi connectivity index (χ2v) is 10.8. The summed E-state index contributed by atoms with van der Waals surface area (Å²) in [5, 5.41) is 11.3. The quantitative estimate of drug-likeness (QED) is 0.293. The Balaban J connectivity index is 1.85. The van der Waals surface area contributed by atoms with E-state index in [9.17, 15) is 19.5 Å². The second-order valence-electron chi connectivity index (χ2n) is 10.8. The van der Waals surface area contributed by atoms with Gasteiger partial charge in [0.15, 0.2) is 0 Å². The number of rotatable bonds is 3. The third-order valence-electron chi connectivity index (χ3n) is 8.83. The monoisotopic (exact) mass is 470 g/mol. The zero-order valence-corrected chi connectivity index (χ0v) is 20.5. The van der Waals surface area contributed by atoms with Crippen LogP contribution in [-0.2, 0) is 28.6 Å². The largest absolute Gasteiger partial charge is 0.462 e. The molecule has 0 aliphatic heterocycles. The van der Waals surface area contributed by atoms with E-state index in [4.69, 9.17) is 20.6 Å². The van der Waals surface area contributed by atoms with Gasteiger partial charge < -0.3 is 19.3 Å². The van der Waals surface area contributed by atoms with E-state index in [-0.39, 0.29) is 35.2 Å². The van der Waals surface area contributed by atoms with E-state index in [2.05, 4.69) is 12.8 Å². The van der Waals surface area contributed by atoms with Crippen LogP contribution in [0.2, 0.25) is 0 Å². The third-order valence-corrected chi connectivity index (χ3v) is 8.83. The molecule has 4 aliphatic rings. The normalized spacial score (nSPS) is 44.4. The van der Waals surface area contributed by atoms with Gasteiger partial charge in [-0.3, -0.25) is 14.4 Å². The van der Waals surface area contributed by atoms with Crippen LogP contribution in [0.15, 0.2) is 23.8 Å². The molecule has 0 saturated heterocycles. The fourth-order valence-corrected chi connectivity index (χ4v) is 7.34. The Hall–Kier alpha value is -2.59. The van der Waals surface area contributed by atoms with Crippen molar-refractivity contribution in [3.05, 3.63) is 23.8 Å². The first-order chi connectivity index (χ1) is 15.8. The Morgan fingerprint density at radius 2 is 1.74 bits per heavy atom. The topological polar surface area (TPSA) is 99.1 Å². The molecule has 7 heteroatoms. The molecule has 2 saturated carbocycles. The summed E-state index contributed by atoms with van der Waals surface area (Å²) in [7, 11) is 0. The lowest BCUT2D eigenvalue weighted by Gasteiger charge is -2.61. The summed E-state index contributed by atoms with van der Waals surface area (Å²) in [5.74, 6) is 0.813. The molecule has 3 unspecified atom stereocenters. The van der Waals surface area contributed by atoms with E-state index < -0.39 is 35.2 Å². The van der Waals surface area contributed by atoms with Crippen LogP contribution < -0.4 is 0 Å². The second kappa shape index (κ2) is 8.27. The number of hydrogen-bond donors (Lipinski definition) is 1. The Labute approximate surface area is 200 Å². The Bertz CT molecular complexity index is 1000. The number of terminal acetylenes is 1. The summed E-state index contributed by atoms with van der Waals surface area (Å²) in [6.45, 7) is 8.24. The fraction of sp³-hybridized carbons (Fsp3) is 0.667. The molecule has 0 aromatic carbocycles. The van der Waals surface area contributed by atoms with E-state index in [0.717, 1.165) is 12.0 Å². The van der Waals surface area contributed by atoms with Crippen molar-refractivity contribution in [3.63, 3.8) is 0 Å². The number of carbonyl (C=O) groups is 3. The van der Waals surface area contributed by atoms with Crippen LogP contribution in [0.25, 0.3) is 0 Å². The predicted molar refractivity (Wildman–Crippen MR) is 123 cm³/mol. The Morgan fingerprint density at radius 1 is 1.09 bits per heavy atom. The highest BCUT2D eigenvalue weighted by molar-refractivity contribution is 5.67. The third kappa shape index (κ3) is 3.67. The molecule has 7 nitrogen and oxygen atoms in total. The van der Waals surface area contributed by atoms with E-state index in [1.165, 1.54) is 20.8 Å². The molecule has 184 valence electrons. The van der Waals surface area contributed by atoms with Crippen LogP contribution in [0.5, 0.6) is 0 Å². The van der Waals surface area contributed by atoms with Crippen molar-refractivity contribution in [1.29, 1.82) is 0 Å². The lowest BCUT2D eigenvalue weighted by atomic mass is 9.45. The first kappa shape index (κ1) is 24.5. The zero-order chi connectivity index (χ0) is 25.1. The van der Waals surface area contributed by atoms with Crippen molar-refractivity contribution in [2.75, 3.05) is 0 Å². The van der Waals surface area contributed by atoms with Gasteiger partial charge >= 0.3 is 17.9 Å². The van der Waals surface area contributed by atoms with Crippen LogP contribution in [0.3, 0.4) is 0 Å². The number of allylic oxidation sites excluding steroid dienone is 1. The van der Waals surface area contributed by atoms with Crippen molar-refractivity contribution in [1.82, 2.24) is 0 Å². The van der Waals surface area contributed by atoms with Crippen LogP contribution in [0.1, 0.15) is 60.3 Å². The van der Waals surface area contributed by atoms with Crippen LogP contribution in [0, 0.1) is 40.9 Å². The highest BCUT2D eigenvalue weighted by atomic mass is 16.6. The molecule has 9 atom stereocenters. The lowest BCUT2D eigenvalue weighted by molar-refractivity contribution is -0.197. The molecule has 4 rings (SSSR count). The number of carbonyl (C=O) groups excluding carboxylic acids is 3. The average Bonchev–Trinajstić information content (AvgIpc) is 2.98. The minimum Gasteiger partial charge on any atom is -0.462 e. The van der Waals surface area contributed by atoms with Gasteiger partial charge in [-0.2, -0.15) is 0 Å². The SMILES string of the molecule is C#C[C@]1(O)C=CC2C3C([C@H](OC(C)=O)C[C@@]21C)[C@@]1(C)CC[C@H](OC(C)=O)CC1=C[C@@H]3OC(C)=O. The van der Waals surface area contributed by atoms with Crippen molar-refractivity contribution in [2.24, 2.45) is 28.6 Å². The van der Waals surface area contributed by atoms with Gasteiger partial charge in [0.05, 0.1) is 0 Å². The summed E-state index contributed by atoms with van der Waals surface area (Å²) in [4.78, 5) is 36.0. The summed E-state index contributed by atoms with van der Waals surface area (Å²) < 4.78 is 17.3. The fourth-order valence-electron chi connectivity index (χ4n) is 7.34. The van der Waals surface area contributed by atoms with Gasteiger partial charge in [-0.15, -0.1) is 6.42 Å². The standard InChI is InChI=1S/C27H34O7/c1-7-27(31)11-9-20-23-21(33-16(3)29)13-18-12-19(32-15(2)28)8-10-25(18,5)24(23)22(34-17(4)30)14-26(20,27)6/h1,9,11,13,19-24,31H,8,10,12,14H2,2-6H3/t19-,20?,21-,22+,23?,24?,25-,26-,27-/m0/s1. The average molecular weight is 471 g/mol. The Kier molecular flexibility index (Phi) is 5.96. The summed E-state index contributed by atoms with van der Waals surface area (Å²) in [6, 6.07) is 0. The highest BCUT2D eigenvalue weighted by Gasteiger charge is 2.67. The van der Waals surface area contributed by atoms with Gasteiger partial charge in [-0.05, 0) is 42.7 Å². The maximum Gasteiger partial charge on any atom is 0.303 e. The molecule has 0 amide bonds. The maximum absolute atomic E-state index is 12.2. The van der Waals surface area contributed by atoms with E-state index >= 15 is 0 Å². The number of hydrogen-bond acceptors (Lipinski definition) is 7. The van der Waals surface area contributed by atoms with Gasteiger partial charge in [0.1, 0.15) is 23.9 Å². The summed E-state index contributed by atoms with van der Waals surface area (Å²) >= 11 is 0. The van der Waals surface area contributed by atoms with E-state index in [1.807, 2.05) is 19.1 Å². The number of fused-ring (bicyclic) bond motifs is 5. The smallest absolute Gasteiger partial charge is 0.303 e. The lowest BCUT2D eigenvalue weighted by Crippen LogP contribution is -2.63. The molecule has 34 heavy (non-hydrogen) atoms. The Morgan fingerprint density at radius 3 is 2.32 bits per heavy atom. The molecule has 1 N–H and O–H groups in total. The molecule has 0 radical (unpaired) electrons. The minimum atomic E-state index is -1.50. The van der Waals surface area contributed by atoms with Gasteiger partial charge in [0.2, 0.25) is 0 Å². The molecular weight excluding hydrogens is 436 g/mol. The molecule has 0 heterocycles. The molecule has 0 spiro atoms. The van der Waals surface area contributed by atoms with Crippen LogP contribution in [0.4, 0.5) is 0 Å². The van der Waals surface area contributed by atoms with Crippen molar-refractivity contribution < 1.29 is 33.7 Å². The van der Waals surface area contributed by atoms with Crippen molar-refractivity contribution in [3.8, 4) is 12.3 Å².